The monoisotopic (exact) mass is 426 g/mol. The van der Waals surface area contributed by atoms with Crippen molar-refractivity contribution in [2.24, 2.45) is 0 Å². The van der Waals surface area contributed by atoms with Crippen LogP contribution in [0.2, 0.25) is 0 Å². The molecule has 0 heterocycles. The van der Waals surface area contributed by atoms with E-state index in [1.54, 1.807) is 67.5 Å². The molecular formula is C24H30N2O5. The second-order valence-corrected chi connectivity index (χ2v) is 7.71. The van der Waals surface area contributed by atoms with Crippen molar-refractivity contribution in [3.8, 4) is 5.75 Å². The van der Waals surface area contributed by atoms with E-state index in [0.29, 0.717) is 17.0 Å². The standard InChI is InChI=1S/C24H30N2O5/c1-15(2)26(16(3)4)23(28)17(5)31-24(29)20-9-7-8-10-21(20)25-22(27)18-11-13-19(30-6)14-12-18/h7-17H,1-6H3,(H,25,27)/t17-/m0/s1. The molecule has 0 aliphatic heterocycles. The van der Waals surface area contributed by atoms with Gasteiger partial charge in [0.15, 0.2) is 6.10 Å². The average molecular weight is 427 g/mol. The van der Waals surface area contributed by atoms with Gasteiger partial charge in [-0.15, -0.1) is 0 Å². The van der Waals surface area contributed by atoms with E-state index < -0.39 is 12.1 Å². The minimum Gasteiger partial charge on any atom is -0.497 e. The summed E-state index contributed by atoms with van der Waals surface area (Å²) in [4.78, 5) is 39.8. The lowest BCUT2D eigenvalue weighted by molar-refractivity contribution is -0.143. The Morgan fingerprint density at radius 3 is 2.00 bits per heavy atom. The van der Waals surface area contributed by atoms with Crippen LogP contribution in [0.5, 0.6) is 5.75 Å². The summed E-state index contributed by atoms with van der Waals surface area (Å²) in [5, 5.41) is 2.73. The lowest BCUT2D eigenvalue weighted by Gasteiger charge is -2.32. The van der Waals surface area contributed by atoms with Gasteiger partial charge in [0.05, 0.1) is 18.4 Å². The molecule has 7 nitrogen and oxygen atoms in total. The number of hydrogen-bond acceptors (Lipinski definition) is 5. The highest BCUT2D eigenvalue weighted by molar-refractivity contribution is 6.08. The van der Waals surface area contributed by atoms with Crippen molar-refractivity contribution in [2.75, 3.05) is 12.4 Å². The first-order valence-corrected chi connectivity index (χ1v) is 10.2. The number of esters is 1. The third-order valence-electron chi connectivity index (χ3n) is 4.75. The lowest BCUT2D eigenvalue weighted by atomic mass is 10.1. The lowest BCUT2D eigenvalue weighted by Crippen LogP contribution is -2.47. The maximum Gasteiger partial charge on any atom is 0.341 e. The number of carbonyl (C=O) groups is 3. The van der Waals surface area contributed by atoms with Gasteiger partial charge in [-0.2, -0.15) is 0 Å². The average Bonchev–Trinajstić information content (AvgIpc) is 2.73. The number of para-hydroxylation sites is 1. The molecule has 0 unspecified atom stereocenters. The zero-order valence-corrected chi connectivity index (χ0v) is 18.8. The largest absolute Gasteiger partial charge is 0.497 e. The summed E-state index contributed by atoms with van der Waals surface area (Å²) >= 11 is 0. The minimum absolute atomic E-state index is 0.0234. The van der Waals surface area contributed by atoms with Crippen LogP contribution in [0.3, 0.4) is 0 Å². The molecule has 0 saturated heterocycles. The van der Waals surface area contributed by atoms with Crippen LogP contribution in [0.1, 0.15) is 55.3 Å². The topological polar surface area (TPSA) is 84.9 Å². The van der Waals surface area contributed by atoms with Crippen molar-refractivity contribution in [3.05, 3.63) is 59.7 Å². The number of rotatable bonds is 8. The molecule has 0 fully saturated rings. The van der Waals surface area contributed by atoms with Gasteiger partial charge in [-0.3, -0.25) is 9.59 Å². The first-order valence-electron chi connectivity index (χ1n) is 10.2. The number of hydrogen-bond donors (Lipinski definition) is 1. The predicted molar refractivity (Wildman–Crippen MR) is 119 cm³/mol. The van der Waals surface area contributed by atoms with Crippen LogP contribution in [0.25, 0.3) is 0 Å². The second kappa shape index (κ2) is 10.6. The summed E-state index contributed by atoms with van der Waals surface area (Å²) < 4.78 is 10.5. The number of carbonyl (C=O) groups excluding carboxylic acids is 3. The molecule has 1 N–H and O–H groups in total. The number of anilines is 1. The molecule has 31 heavy (non-hydrogen) atoms. The Balaban J connectivity index is 2.15. The van der Waals surface area contributed by atoms with Crippen LogP contribution in [0.4, 0.5) is 5.69 Å². The highest BCUT2D eigenvalue weighted by atomic mass is 16.5. The molecule has 0 radical (unpaired) electrons. The molecule has 0 aliphatic rings. The van der Waals surface area contributed by atoms with Crippen molar-refractivity contribution < 1.29 is 23.9 Å². The number of benzene rings is 2. The van der Waals surface area contributed by atoms with E-state index >= 15 is 0 Å². The first kappa shape index (κ1) is 23.9. The Morgan fingerprint density at radius 1 is 0.871 bits per heavy atom. The van der Waals surface area contributed by atoms with E-state index in [1.807, 2.05) is 27.7 Å². The van der Waals surface area contributed by atoms with Crippen LogP contribution < -0.4 is 10.1 Å². The Labute approximate surface area is 183 Å². The van der Waals surface area contributed by atoms with Crippen LogP contribution >= 0.6 is 0 Å². The Bertz CT molecular complexity index is 914. The summed E-state index contributed by atoms with van der Waals surface area (Å²) in [5.74, 6) is -0.689. The summed E-state index contributed by atoms with van der Waals surface area (Å²) in [6.07, 6.45) is -0.956. The molecule has 2 rings (SSSR count). The Hall–Kier alpha value is -3.35. The van der Waals surface area contributed by atoms with E-state index in [9.17, 15) is 14.4 Å². The van der Waals surface area contributed by atoms with E-state index in [-0.39, 0.29) is 29.5 Å². The van der Waals surface area contributed by atoms with E-state index in [0.717, 1.165) is 0 Å². The first-order chi connectivity index (χ1) is 14.6. The summed E-state index contributed by atoms with van der Waals surface area (Å²) in [6.45, 7) is 9.20. The smallest absolute Gasteiger partial charge is 0.341 e. The molecule has 166 valence electrons. The van der Waals surface area contributed by atoms with Crippen LogP contribution in [0, 0.1) is 0 Å². The number of amides is 2. The number of nitrogens with zero attached hydrogens (tertiary/aromatic N) is 1. The highest BCUT2D eigenvalue weighted by Crippen LogP contribution is 2.20. The van der Waals surface area contributed by atoms with Crippen molar-refractivity contribution in [3.63, 3.8) is 0 Å². The fraction of sp³-hybridized carbons (Fsp3) is 0.375. The van der Waals surface area contributed by atoms with Crippen LogP contribution in [0.15, 0.2) is 48.5 Å². The second-order valence-electron chi connectivity index (χ2n) is 7.71. The number of methoxy groups -OCH3 is 1. The van der Waals surface area contributed by atoms with Gasteiger partial charge in [-0.1, -0.05) is 12.1 Å². The van der Waals surface area contributed by atoms with Gasteiger partial charge in [0, 0.05) is 17.6 Å². The van der Waals surface area contributed by atoms with Crippen molar-refractivity contribution in [1.29, 1.82) is 0 Å². The minimum atomic E-state index is -0.956. The summed E-state index contributed by atoms with van der Waals surface area (Å²) in [7, 11) is 1.55. The molecule has 7 heteroatoms. The molecule has 0 aliphatic carbocycles. The van der Waals surface area contributed by atoms with Gasteiger partial charge in [0.1, 0.15) is 5.75 Å². The molecule has 2 amide bonds. The third-order valence-corrected chi connectivity index (χ3v) is 4.75. The maximum absolute atomic E-state index is 12.8. The van der Waals surface area contributed by atoms with Crippen molar-refractivity contribution >= 4 is 23.5 Å². The molecule has 1 atom stereocenters. The molecule has 2 aromatic carbocycles. The van der Waals surface area contributed by atoms with Gasteiger partial charge < -0.3 is 19.7 Å². The van der Waals surface area contributed by atoms with E-state index in [1.165, 1.54) is 0 Å². The Morgan fingerprint density at radius 2 is 1.45 bits per heavy atom. The van der Waals surface area contributed by atoms with Crippen LogP contribution in [-0.4, -0.2) is 48.0 Å². The van der Waals surface area contributed by atoms with Crippen molar-refractivity contribution in [1.82, 2.24) is 4.90 Å². The molecule has 0 spiro atoms. The number of nitrogens with one attached hydrogen (secondary N) is 1. The molecule has 2 aromatic rings. The van der Waals surface area contributed by atoms with Gasteiger partial charge >= 0.3 is 5.97 Å². The van der Waals surface area contributed by atoms with Gasteiger partial charge in [-0.25, -0.2) is 4.79 Å². The number of ether oxygens (including phenoxy) is 2. The van der Waals surface area contributed by atoms with Crippen LogP contribution in [-0.2, 0) is 9.53 Å². The molecular weight excluding hydrogens is 396 g/mol. The van der Waals surface area contributed by atoms with Gasteiger partial charge in [0.2, 0.25) is 0 Å². The normalized spacial score (nSPS) is 11.7. The van der Waals surface area contributed by atoms with Gasteiger partial charge in [0.25, 0.3) is 11.8 Å². The zero-order chi connectivity index (χ0) is 23.1. The fourth-order valence-electron chi connectivity index (χ4n) is 3.30. The maximum atomic E-state index is 12.8. The summed E-state index contributed by atoms with van der Waals surface area (Å²) in [5.41, 5.74) is 0.888. The van der Waals surface area contributed by atoms with E-state index in [4.69, 9.17) is 9.47 Å². The Kier molecular flexibility index (Phi) is 8.19. The quantitative estimate of drug-likeness (QED) is 0.642. The molecule has 0 bridgehead atoms. The highest BCUT2D eigenvalue weighted by Gasteiger charge is 2.28. The third kappa shape index (κ3) is 6.07. The van der Waals surface area contributed by atoms with Gasteiger partial charge in [-0.05, 0) is 71.0 Å². The predicted octanol–water partition coefficient (Wildman–Crippen LogP) is 4.14. The fourth-order valence-corrected chi connectivity index (χ4v) is 3.30. The van der Waals surface area contributed by atoms with Crippen molar-refractivity contribution in [2.45, 2.75) is 52.8 Å². The SMILES string of the molecule is COc1ccc(C(=O)Nc2ccccc2C(=O)O[C@@H](C)C(=O)N(C(C)C)C(C)C)cc1. The summed E-state index contributed by atoms with van der Waals surface area (Å²) in [6, 6.07) is 13.1. The van der Waals surface area contributed by atoms with E-state index in [2.05, 4.69) is 5.32 Å². The molecule has 0 aromatic heterocycles. The molecule has 0 saturated carbocycles. The zero-order valence-electron chi connectivity index (χ0n) is 18.8.